The molecular formula is C10H16N4O4. The number of nitrogens with zero attached hydrogens (tertiary/aromatic N) is 2. The summed E-state index contributed by atoms with van der Waals surface area (Å²) < 4.78 is 1.60. The largest absolute Gasteiger partial charge is 0.480 e. The van der Waals surface area contributed by atoms with Crippen LogP contribution in [0.1, 0.15) is 12.1 Å². The molecule has 0 aliphatic rings. The van der Waals surface area contributed by atoms with Crippen molar-refractivity contribution in [3.63, 3.8) is 0 Å². The molecule has 1 aromatic rings. The Kier molecular flexibility index (Phi) is 5.12. The maximum absolute atomic E-state index is 11.4. The number of carboxylic acids is 1. The first-order valence-electron chi connectivity index (χ1n) is 5.39. The number of carbonyl (C=O) groups excluding carboxylic acids is 1. The van der Waals surface area contributed by atoms with Crippen molar-refractivity contribution in [1.29, 1.82) is 0 Å². The van der Waals surface area contributed by atoms with E-state index in [9.17, 15) is 9.59 Å². The molecule has 0 bridgehead atoms. The highest BCUT2D eigenvalue weighted by Crippen LogP contribution is 1.95. The second-order valence-electron chi connectivity index (χ2n) is 3.68. The zero-order valence-corrected chi connectivity index (χ0v) is 9.96. The predicted molar refractivity (Wildman–Crippen MR) is 61.7 cm³/mol. The molecule has 0 aromatic carbocycles. The van der Waals surface area contributed by atoms with Crippen molar-refractivity contribution in [3.05, 3.63) is 18.0 Å². The second-order valence-corrected chi connectivity index (χ2v) is 3.68. The first kappa shape index (κ1) is 14.0. The van der Waals surface area contributed by atoms with Gasteiger partial charge in [-0.2, -0.15) is 5.10 Å². The van der Waals surface area contributed by atoms with Gasteiger partial charge in [-0.15, -0.1) is 0 Å². The van der Waals surface area contributed by atoms with Gasteiger partial charge in [-0.1, -0.05) is 0 Å². The van der Waals surface area contributed by atoms with Gasteiger partial charge < -0.3 is 20.8 Å². The lowest BCUT2D eigenvalue weighted by Gasteiger charge is -2.13. The van der Waals surface area contributed by atoms with Crippen LogP contribution in [-0.2, 0) is 18.4 Å². The van der Waals surface area contributed by atoms with Crippen molar-refractivity contribution in [3.8, 4) is 0 Å². The first-order chi connectivity index (χ1) is 8.54. The molecular weight excluding hydrogens is 240 g/mol. The van der Waals surface area contributed by atoms with Crippen molar-refractivity contribution in [2.75, 3.05) is 6.61 Å². The number of amides is 2. The van der Waals surface area contributed by atoms with E-state index >= 15 is 0 Å². The predicted octanol–water partition coefficient (Wildman–Crippen LogP) is -0.945. The van der Waals surface area contributed by atoms with E-state index in [1.807, 2.05) is 0 Å². The number of rotatable bonds is 6. The van der Waals surface area contributed by atoms with E-state index < -0.39 is 18.0 Å². The number of carboxylic acid groups (broad SMARTS) is 1. The molecule has 1 aromatic heterocycles. The first-order valence-corrected chi connectivity index (χ1v) is 5.39. The summed E-state index contributed by atoms with van der Waals surface area (Å²) in [5.41, 5.74) is 0.791. The van der Waals surface area contributed by atoms with Gasteiger partial charge in [0.2, 0.25) is 0 Å². The maximum Gasteiger partial charge on any atom is 0.326 e. The Morgan fingerprint density at radius 3 is 2.78 bits per heavy atom. The van der Waals surface area contributed by atoms with Gasteiger partial charge in [0, 0.05) is 26.3 Å². The number of nitrogens with one attached hydrogen (secondary N) is 2. The number of aromatic nitrogens is 2. The smallest absolute Gasteiger partial charge is 0.326 e. The third kappa shape index (κ3) is 4.06. The fourth-order valence-electron chi connectivity index (χ4n) is 1.34. The highest BCUT2D eigenvalue weighted by molar-refractivity contribution is 5.82. The summed E-state index contributed by atoms with van der Waals surface area (Å²) >= 11 is 0. The number of aliphatic hydroxyl groups excluding tert-OH is 1. The van der Waals surface area contributed by atoms with Crippen molar-refractivity contribution >= 4 is 12.0 Å². The van der Waals surface area contributed by atoms with Crippen molar-refractivity contribution in [2.24, 2.45) is 7.05 Å². The van der Waals surface area contributed by atoms with E-state index in [2.05, 4.69) is 15.7 Å². The second kappa shape index (κ2) is 6.60. The Bertz CT molecular complexity index is 418. The molecule has 100 valence electrons. The van der Waals surface area contributed by atoms with Gasteiger partial charge in [-0.05, 0) is 6.07 Å². The summed E-state index contributed by atoms with van der Waals surface area (Å²) in [5, 5.41) is 26.2. The number of hydrogen-bond donors (Lipinski definition) is 4. The summed E-state index contributed by atoms with van der Waals surface area (Å²) in [4.78, 5) is 22.2. The highest BCUT2D eigenvalue weighted by atomic mass is 16.4. The molecule has 1 heterocycles. The zero-order valence-electron chi connectivity index (χ0n) is 9.96. The van der Waals surface area contributed by atoms with Gasteiger partial charge in [0.25, 0.3) is 0 Å². The van der Waals surface area contributed by atoms with E-state index in [4.69, 9.17) is 10.2 Å². The Labute approximate surface area is 104 Å². The van der Waals surface area contributed by atoms with Crippen LogP contribution in [0.25, 0.3) is 0 Å². The average molecular weight is 256 g/mol. The van der Waals surface area contributed by atoms with Crippen LogP contribution in [0.5, 0.6) is 0 Å². The van der Waals surface area contributed by atoms with E-state index in [0.717, 1.165) is 5.69 Å². The molecule has 0 aliphatic heterocycles. The van der Waals surface area contributed by atoms with Crippen LogP contribution in [0.15, 0.2) is 12.3 Å². The van der Waals surface area contributed by atoms with Crippen molar-refractivity contribution in [1.82, 2.24) is 20.4 Å². The van der Waals surface area contributed by atoms with Gasteiger partial charge in [0.1, 0.15) is 6.04 Å². The van der Waals surface area contributed by atoms with Gasteiger partial charge in [0.05, 0.1) is 12.2 Å². The lowest BCUT2D eigenvalue weighted by atomic mass is 10.2. The fourth-order valence-corrected chi connectivity index (χ4v) is 1.34. The number of hydrogen-bond acceptors (Lipinski definition) is 4. The molecule has 2 amide bonds. The standard InChI is InChI=1S/C10H16N4O4/c1-14-7(2-4-12-14)6-11-10(18)13-8(3-5-15)9(16)17/h2,4,8,15H,3,5-6H2,1H3,(H,16,17)(H2,11,13,18)/t8-/m0/s1. The molecule has 0 radical (unpaired) electrons. The number of aliphatic carboxylic acids is 1. The number of aliphatic hydroxyl groups is 1. The van der Waals surface area contributed by atoms with E-state index in [-0.39, 0.29) is 19.6 Å². The van der Waals surface area contributed by atoms with Crippen molar-refractivity contribution < 1.29 is 19.8 Å². The van der Waals surface area contributed by atoms with E-state index in [1.165, 1.54) is 0 Å². The van der Waals surface area contributed by atoms with Crippen LogP contribution in [0.3, 0.4) is 0 Å². The zero-order chi connectivity index (χ0) is 13.5. The fraction of sp³-hybridized carbons (Fsp3) is 0.500. The number of carbonyl (C=O) groups is 2. The van der Waals surface area contributed by atoms with Crippen LogP contribution in [-0.4, -0.2) is 44.6 Å². The molecule has 0 aliphatic carbocycles. The maximum atomic E-state index is 11.4. The van der Waals surface area contributed by atoms with Gasteiger partial charge >= 0.3 is 12.0 Å². The van der Waals surface area contributed by atoms with E-state index in [0.29, 0.717) is 0 Å². The number of aryl methyl sites for hydroxylation is 1. The van der Waals surface area contributed by atoms with Crippen LogP contribution in [0, 0.1) is 0 Å². The summed E-state index contributed by atoms with van der Waals surface area (Å²) in [7, 11) is 1.74. The van der Waals surface area contributed by atoms with Crippen LogP contribution in [0.2, 0.25) is 0 Å². The SMILES string of the molecule is Cn1nccc1CNC(=O)N[C@@H](CCO)C(=O)O. The Hall–Kier alpha value is -2.09. The third-order valence-electron chi connectivity index (χ3n) is 2.37. The number of urea groups is 1. The lowest BCUT2D eigenvalue weighted by molar-refractivity contribution is -0.139. The van der Waals surface area contributed by atoms with Gasteiger partial charge in [0.15, 0.2) is 0 Å². The molecule has 18 heavy (non-hydrogen) atoms. The normalized spacial score (nSPS) is 11.9. The topological polar surface area (TPSA) is 116 Å². The van der Waals surface area contributed by atoms with Crippen LogP contribution < -0.4 is 10.6 Å². The third-order valence-corrected chi connectivity index (χ3v) is 2.37. The Morgan fingerprint density at radius 2 is 2.28 bits per heavy atom. The average Bonchev–Trinajstić information content (AvgIpc) is 2.71. The molecule has 4 N–H and O–H groups in total. The van der Waals surface area contributed by atoms with Crippen LogP contribution in [0.4, 0.5) is 4.79 Å². The minimum atomic E-state index is -1.18. The van der Waals surface area contributed by atoms with Crippen molar-refractivity contribution in [2.45, 2.75) is 19.0 Å². The summed E-state index contributed by atoms with van der Waals surface area (Å²) in [6.45, 7) is -0.0627. The van der Waals surface area contributed by atoms with Gasteiger partial charge in [-0.25, -0.2) is 9.59 Å². The quantitative estimate of drug-likeness (QED) is 0.524. The Balaban J connectivity index is 2.41. The molecule has 0 unspecified atom stereocenters. The molecule has 1 rings (SSSR count). The molecule has 0 saturated heterocycles. The molecule has 8 heteroatoms. The molecule has 0 fully saturated rings. The molecule has 1 atom stereocenters. The minimum absolute atomic E-state index is 0.0333. The van der Waals surface area contributed by atoms with Gasteiger partial charge in [-0.3, -0.25) is 4.68 Å². The van der Waals surface area contributed by atoms with E-state index in [1.54, 1.807) is 24.0 Å². The summed E-state index contributed by atoms with van der Waals surface area (Å²) in [6, 6.07) is 0.0430. The van der Waals surface area contributed by atoms with Crippen LogP contribution >= 0.6 is 0 Å². The minimum Gasteiger partial charge on any atom is -0.480 e. The lowest BCUT2D eigenvalue weighted by Crippen LogP contribution is -2.46. The summed E-state index contributed by atoms with van der Waals surface area (Å²) in [6.07, 6.45) is 1.56. The molecule has 0 saturated carbocycles. The summed E-state index contributed by atoms with van der Waals surface area (Å²) in [5.74, 6) is -1.18. The monoisotopic (exact) mass is 256 g/mol. The highest BCUT2D eigenvalue weighted by Gasteiger charge is 2.18. The Morgan fingerprint density at radius 1 is 1.56 bits per heavy atom. The molecule has 0 spiro atoms. The molecule has 8 nitrogen and oxygen atoms in total.